The average Bonchev–Trinajstić information content (AvgIpc) is 2.42. The topological polar surface area (TPSA) is 49.7 Å². The lowest BCUT2D eigenvalue weighted by molar-refractivity contribution is -0.289. The maximum Gasteiger partial charge on any atom is 0.0917 e. The molecule has 2 saturated carbocycles. The van der Waals surface area contributed by atoms with Crippen molar-refractivity contribution in [1.82, 2.24) is 0 Å². The summed E-state index contributed by atoms with van der Waals surface area (Å²) in [7, 11) is 0. The molecule has 0 radical (unpaired) electrons. The molecule has 3 rings (SSSR count). The molecule has 3 heteroatoms. The van der Waals surface area contributed by atoms with E-state index in [1.165, 1.54) is 0 Å². The minimum absolute atomic E-state index is 0.0145. The number of fused-ring (bicyclic) bond motifs is 3. The number of ether oxygens (including phenoxy) is 1. The molecule has 2 aliphatic carbocycles. The van der Waals surface area contributed by atoms with Crippen LogP contribution in [-0.4, -0.2) is 33.6 Å². The first-order valence-corrected chi connectivity index (χ1v) is 9.52. The van der Waals surface area contributed by atoms with Gasteiger partial charge in [0.2, 0.25) is 0 Å². The molecule has 1 saturated heterocycles. The second-order valence-electron chi connectivity index (χ2n) is 9.97. The van der Waals surface area contributed by atoms with Gasteiger partial charge in [0.15, 0.2) is 0 Å². The lowest BCUT2D eigenvalue weighted by Gasteiger charge is -2.66. The zero-order valence-corrected chi connectivity index (χ0v) is 15.9. The molecule has 3 fully saturated rings. The Labute approximate surface area is 141 Å². The predicted octanol–water partition coefficient (Wildman–Crippen LogP) is 3.91. The van der Waals surface area contributed by atoms with Crippen molar-refractivity contribution in [2.45, 2.75) is 103 Å². The summed E-state index contributed by atoms with van der Waals surface area (Å²) in [6, 6.07) is 0. The van der Waals surface area contributed by atoms with Crippen LogP contribution >= 0.6 is 0 Å². The zero-order valence-electron chi connectivity index (χ0n) is 15.9. The smallest absolute Gasteiger partial charge is 0.0917 e. The molecule has 0 spiro atoms. The number of rotatable bonds is 1. The summed E-state index contributed by atoms with van der Waals surface area (Å²) in [4.78, 5) is 0. The highest BCUT2D eigenvalue weighted by Crippen LogP contribution is 2.65. The van der Waals surface area contributed by atoms with E-state index in [1.54, 1.807) is 0 Å². The Bertz CT molecular complexity index is 474. The summed E-state index contributed by atoms with van der Waals surface area (Å²) in [5.41, 5.74) is -0.346. The molecule has 7 atom stereocenters. The lowest BCUT2D eigenvalue weighted by Crippen LogP contribution is -2.65. The van der Waals surface area contributed by atoms with Crippen LogP contribution in [0.5, 0.6) is 0 Å². The van der Waals surface area contributed by atoms with Crippen molar-refractivity contribution < 1.29 is 14.9 Å². The van der Waals surface area contributed by atoms with Crippen molar-refractivity contribution in [3.05, 3.63) is 0 Å². The van der Waals surface area contributed by atoms with E-state index in [0.29, 0.717) is 11.8 Å². The molecule has 0 aromatic rings. The summed E-state index contributed by atoms with van der Waals surface area (Å²) in [5.74, 6) is 1.07. The summed E-state index contributed by atoms with van der Waals surface area (Å²) in [6.07, 6.45) is 5.58. The summed E-state index contributed by atoms with van der Waals surface area (Å²) >= 11 is 0. The van der Waals surface area contributed by atoms with Gasteiger partial charge in [-0.05, 0) is 82.0 Å². The summed E-state index contributed by atoms with van der Waals surface area (Å²) in [6.45, 7) is 13.2. The third kappa shape index (κ3) is 2.41. The predicted molar refractivity (Wildman–Crippen MR) is 92.2 cm³/mol. The molecule has 0 bridgehead atoms. The quantitative estimate of drug-likeness (QED) is 0.769. The number of aliphatic hydroxyl groups excluding tert-OH is 2. The molecule has 2 N–H and O–H groups in total. The van der Waals surface area contributed by atoms with E-state index < -0.39 is 11.7 Å². The molecule has 134 valence electrons. The van der Waals surface area contributed by atoms with E-state index in [0.717, 1.165) is 38.5 Å². The van der Waals surface area contributed by atoms with Gasteiger partial charge >= 0.3 is 0 Å². The maximum absolute atomic E-state index is 10.5. The summed E-state index contributed by atoms with van der Waals surface area (Å²) in [5, 5.41) is 20.7. The highest BCUT2D eigenvalue weighted by Gasteiger charge is 2.63. The molecule has 0 aromatic heterocycles. The van der Waals surface area contributed by atoms with E-state index in [4.69, 9.17) is 4.74 Å². The fourth-order valence-electron chi connectivity index (χ4n) is 6.56. The molecule has 1 heterocycles. The van der Waals surface area contributed by atoms with Gasteiger partial charge in [-0.1, -0.05) is 20.8 Å². The molecule has 3 aliphatic rings. The van der Waals surface area contributed by atoms with E-state index in [1.807, 2.05) is 6.92 Å². The van der Waals surface area contributed by atoms with Gasteiger partial charge in [0.25, 0.3) is 0 Å². The van der Waals surface area contributed by atoms with Crippen LogP contribution in [-0.2, 0) is 4.74 Å². The van der Waals surface area contributed by atoms with Crippen LogP contribution in [0.2, 0.25) is 0 Å². The van der Waals surface area contributed by atoms with E-state index >= 15 is 0 Å². The van der Waals surface area contributed by atoms with Crippen molar-refractivity contribution >= 4 is 0 Å². The van der Waals surface area contributed by atoms with Crippen LogP contribution in [0.25, 0.3) is 0 Å². The second kappa shape index (κ2) is 5.19. The fraction of sp³-hybridized carbons (Fsp3) is 1.00. The Morgan fingerprint density at radius 1 is 0.913 bits per heavy atom. The van der Waals surface area contributed by atoms with Gasteiger partial charge in [-0.2, -0.15) is 0 Å². The number of hydrogen-bond acceptors (Lipinski definition) is 3. The zero-order chi connectivity index (χ0) is 17.3. The van der Waals surface area contributed by atoms with Gasteiger partial charge in [-0.25, -0.2) is 0 Å². The van der Waals surface area contributed by atoms with Crippen molar-refractivity contribution in [1.29, 1.82) is 0 Å². The third-order valence-electron chi connectivity index (χ3n) is 8.25. The van der Waals surface area contributed by atoms with Crippen LogP contribution in [0, 0.1) is 22.7 Å². The van der Waals surface area contributed by atoms with Gasteiger partial charge in [0.1, 0.15) is 0 Å². The van der Waals surface area contributed by atoms with Gasteiger partial charge < -0.3 is 14.9 Å². The molecular formula is C20H36O3. The first-order chi connectivity index (χ1) is 10.5. The van der Waals surface area contributed by atoms with Crippen molar-refractivity contribution in [3.8, 4) is 0 Å². The van der Waals surface area contributed by atoms with Crippen LogP contribution in [0.15, 0.2) is 0 Å². The van der Waals surface area contributed by atoms with E-state index in [9.17, 15) is 10.2 Å². The Hall–Kier alpha value is -0.120. The minimum Gasteiger partial charge on any atom is -0.393 e. The molecular weight excluding hydrogens is 288 g/mol. The maximum atomic E-state index is 10.5. The Morgan fingerprint density at radius 2 is 1.52 bits per heavy atom. The van der Waals surface area contributed by atoms with Crippen molar-refractivity contribution in [2.75, 3.05) is 0 Å². The Morgan fingerprint density at radius 3 is 2.13 bits per heavy atom. The first-order valence-electron chi connectivity index (χ1n) is 9.52. The SMILES string of the molecule is C[C@H](O)[C@@]1(C)CC[C@H]2[C@]3(C)CC[C@@H](O)C(C)(C)[C@H]3CC[C@]2(C)O1. The second-order valence-corrected chi connectivity index (χ2v) is 9.97. The lowest BCUT2D eigenvalue weighted by atomic mass is 9.44. The third-order valence-corrected chi connectivity index (χ3v) is 8.25. The number of hydrogen-bond donors (Lipinski definition) is 2. The molecule has 0 aromatic carbocycles. The monoisotopic (exact) mass is 324 g/mol. The van der Waals surface area contributed by atoms with Gasteiger partial charge in [0.05, 0.1) is 23.4 Å². The van der Waals surface area contributed by atoms with Gasteiger partial charge in [-0.15, -0.1) is 0 Å². The first kappa shape index (κ1) is 17.7. The van der Waals surface area contributed by atoms with Crippen molar-refractivity contribution in [3.63, 3.8) is 0 Å². The van der Waals surface area contributed by atoms with Crippen molar-refractivity contribution in [2.24, 2.45) is 22.7 Å². The molecule has 3 nitrogen and oxygen atoms in total. The average molecular weight is 325 g/mol. The Balaban J connectivity index is 1.93. The van der Waals surface area contributed by atoms with E-state index in [2.05, 4.69) is 34.6 Å². The fourth-order valence-corrected chi connectivity index (χ4v) is 6.56. The minimum atomic E-state index is -0.435. The standard InChI is InChI=1S/C20H36O3/c1-13(21)19(5)11-8-15-18(4)10-9-16(22)17(2,3)14(18)7-12-20(15,6)23-19/h13-16,21-22H,7-12H2,1-6H3/t13-,14+,15-,16+,18+,19+,20-/m0/s1. The molecule has 0 amide bonds. The van der Waals surface area contributed by atoms with E-state index in [-0.39, 0.29) is 22.5 Å². The van der Waals surface area contributed by atoms with Crippen LogP contribution in [0.1, 0.15) is 80.1 Å². The van der Waals surface area contributed by atoms with Gasteiger partial charge in [0, 0.05) is 0 Å². The van der Waals surface area contributed by atoms with Gasteiger partial charge in [-0.3, -0.25) is 0 Å². The largest absolute Gasteiger partial charge is 0.393 e. The highest BCUT2D eigenvalue weighted by molar-refractivity contribution is 5.12. The normalized spacial score (nSPS) is 54.0. The molecule has 0 unspecified atom stereocenters. The van der Waals surface area contributed by atoms with Crippen LogP contribution in [0.3, 0.4) is 0 Å². The Kier molecular flexibility index (Phi) is 3.99. The number of aliphatic hydroxyl groups is 2. The molecule has 1 aliphatic heterocycles. The van der Waals surface area contributed by atoms with Crippen LogP contribution in [0.4, 0.5) is 0 Å². The highest BCUT2D eigenvalue weighted by atomic mass is 16.5. The summed E-state index contributed by atoms with van der Waals surface area (Å²) < 4.78 is 6.62. The van der Waals surface area contributed by atoms with Crippen LogP contribution < -0.4 is 0 Å². The molecule has 23 heavy (non-hydrogen) atoms.